The number of hydrogen-bond donors (Lipinski definition) is 1. The Hall–Kier alpha value is -2.60. The van der Waals surface area contributed by atoms with Gasteiger partial charge < -0.3 is 19.3 Å². The highest BCUT2D eigenvalue weighted by molar-refractivity contribution is 5.88. The van der Waals surface area contributed by atoms with E-state index < -0.39 is 5.97 Å². The van der Waals surface area contributed by atoms with Gasteiger partial charge in [0.25, 0.3) is 0 Å². The van der Waals surface area contributed by atoms with Gasteiger partial charge in [-0.15, -0.1) is 0 Å². The first-order valence-corrected chi connectivity index (χ1v) is 10.2. The van der Waals surface area contributed by atoms with Crippen LogP contribution in [-0.2, 0) is 19.1 Å². The summed E-state index contributed by atoms with van der Waals surface area (Å²) in [6.45, 7) is 4.77. The fourth-order valence-electron chi connectivity index (χ4n) is 2.57. The molecule has 6 nitrogen and oxygen atoms in total. The molecule has 0 bridgehead atoms. The molecular formula is C23H32O6. The molecule has 6 heteroatoms. The normalized spacial score (nSPS) is 11.1. The zero-order valence-electron chi connectivity index (χ0n) is 17.4. The van der Waals surface area contributed by atoms with Crippen molar-refractivity contribution in [2.24, 2.45) is 0 Å². The van der Waals surface area contributed by atoms with Crippen molar-refractivity contribution in [3.8, 4) is 5.75 Å². The number of ether oxygens (including phenoxy) is 3. The number of rotatable bonds is 14. The Balaban J connectivity index is 2.87. The molecule has 0 amide bonds. The second kappa shape index (κ2) is 15.3. The van der Waals surface area contributed by atoms with Gasteiger partial charge in [-0.2, -0.15) is 0 Å². The first-order chi connectivity index (χ1) is 14.1. The van der Waals surface area contributed by atoms with Crippen LogP contribution < -0.4 is 4.74 Å². The zero-order valence-corrected chi connectivity index (χ0v) is 17.4. The van der Waals surface area contributed by atoms with Crippen LogP contribution in [0.15, 0.2) is 30.4 Å². The van der Waals surface area contributed by atoms with E-state index in [1.165, 1.54) is 6.08 Å². The molecule has 1 aromatic carbocycles. The lowest BCUT2D eigenvalue weighted by Crippen LogP contribution is -2.07. The Morgan fingerprint density at radius 1 is 1.03 bits per heavy atom. The minimum atomic E-state index is -0.414. The molecule has 0 unspecified atom stereocenters. The van der Waals surface area contributed by atoms with E-state index in [4.69, 9.17) is 19.3 Å². The molecule has 1 N–H and O–H groups in total. The molecule has 1 aromatic rings. The minimum Gasteiger partial charge on any atom is -0.493 e. The molecule has 0 aliphatic rings. The highest BCUT2D eigenvalue weighted by Gasteiger charge is 2.08. The van der Waals surface area contributed by atoms with Crippen molar-refractivity contribution in [3.05, 3.63) is 41.5 Å². The predicted molar refractivity (Wildman–Crippen MR) is 113 cm³/mol. The molecule has 1 rings (SSSR count). The summed E-state index contributed by atoms with van der Waals surface area (Å²) in [5.41, 5.74) is 1.69. The third-order valence-electron chi connectivity index (χ3n) is 3.94. The van der Waals surface area contributed by atoms with E-state index in [0.29, 0.717) is 38.4 Å². The van der Waals surface area contributed by atoms with Gasteiger partial charge in [-0.1, -0.05) is 24.3 Å². The number of allylic oxidation sites excluding steroid dienone is 1. The summed E-state index contributed by atoms with van der Waals surface area (Å²) in [7, 11) is 0. The maximum atomic E-state index is 11.7. The highest BCUT2D eigenvalue weighted by Crippen LogP contribution is 2.26. The number of hydrogen-bond acceptors (Lipinski definition) is 6. The van der Waals surface area contributed by atoms with Crippen molar-refractivity contribution in [1.82, 2.24) is 0 Å². The second-order valence-electron chi connectivity index (χ2n) is 6.22. The van der Waals surface area contributed by atoms with Gasteiger partial charge in [-0.25, -0.2) is 4.79 Å². The second-order valence-corrected chi connectivity index (χ2v) is 6.22. The topological polar surface area (TPSA) is 82.1 Å². The summed E-state index contributed by atoms with van der Waals surface area (Å²) in [5.74, 6) is -0.0208. The highest BCUT2D eigenvalue weighted by atomic mass is 16.5. The Kier molecular flexibility index (Phi) is 12.9. The molecule has 0 aromatic heterocycles. The van der Waals surface area contributed by atoms with Gasteiger partial charge in [0.2, 0.25) is 0 Å². The molecule has 0 heterocycles. The van der Waals surface area contributed by atoms with Crippen LogP contribution in [0.3, 0.4) is 0 Å². The van der Waals surface area contributed by atoms with Gasteiger partial charge in [0.15, 0.2) is 0 Å². The van der Waals surface area contributed by atoms with Crippen LogP contribution in [0.2, 0.25) is 0 Å². The minimum absolute atomic E-state index is 0.191. The third-order valence-corrected chi connectivity index (χ3v) is 3.94. The van der Waals surface area contributed by atoms with Crippen molar-refractivity contribution in [2.75, 3.05) is 26.4 Å². The molecule has 160 valence electrons. The van der Waals surface area contributed by atoms with Crippen LogP contribution in [0.5, 0.6) is 5.75 Å². The molecule has 0 radical (unpaired) electrons. The van der Waals surface area contributed by atoms with Gasteiger partial charge in [0.1, 0.15) is 5.75 Å². The van der Waals surface area contributed by atoms with Crippen molar-refractivity contribution in [1.29, 1.82) is 0 Å². The van der Waals surface area contributed by atoms with E-state index in [9.17, 15) is 9.59 Å². The van der Waals surface area contributed by atoms with Gasteiger partial charge in [-0.3, -0.25) is 4.79 Å². The van der Waals surface area contributed by atoms with E-state index in [-0.39, 0.29) is 12.6 Å². The van der Waals surface area contributed by atoms with Gasteiger partial charge in [0.05, 0.1) is 19.8 Å². The van der Waals surface area contributed by atoms with E-state index in [1.54, 1.807) is 19.9 Å². The largest absolute Gasteiger partial charge is 0.493 e. The van der Waals surface area contributed by atoms with Crippen LogP contribution in [0.1, 0.15) is 57.1 Å². The molecular weight excluding hydrogens is 372 g/mol. The van der Waals surface area contributed by atoms with Crippen LogP contribution in [-0.4, -0.2) is 43.5 Å². The van der Waals surface area contributed by atoms with Crippen molar-refractivity contribution in [3.63, 3.8) is 0 Å². The molecule has 0 spiro atoms. The van der Waals surface area contributed by atoms with Crippen molar-refractivity contribution < 1.29 is 28.9 Å². The summed E-state index contributed by atoms with van der Waals surface area (Å²) >= 11 is 0. The summed E-state index contributed by atoms with van der Waals surface area (Å²) in [6.07, 6.45) is 10.5. The van der Waals surface area contributed by atoms with Gasteiger partial charge in [0, 0.05) is 24.7 Å². The summed E-state index contributed by atoms with van der Waals surface area (Å²) < 4.78 is 15.7. The fraction of sp³-hybridized carbons (Fsp3) is 0.478. The molecule has 0 saturated heterocycles. The van der Waals surface area contributed by atoms with E-state index in [0.717, 1.165) is 30.4 Å². The Morgan fingerprint density at radius 2 is 1.83 bits per heavy atom. The molecule has 0 aliphatic heterocycles. The lowest BCUT2D eigenvalue weighted by atomic mass is 10.0. The summed E-state index contributed by atoms with van der Waals surface area (Å²) in [5, 5.41) is 8.87. The maximum Gasteiger partial charge on any atom is 0.330 e. The number of esters is 2. The number of aliphatic hydroxyl groups is 1. The standard InChI is InChI=1S/C23H32O6/c1-3-27-22(25)14-10-18-29-21-13-9-12-19(11-7-5-6-8-17-24)20(21)15-16-23(26)28-4-2/h7,9,11-13,15-16,24H,3-6,8,10,14,17-18H2,1-2H3. The number of aliphatic hydroxyl groups excluding tert-OH is 1. The summed E-state index contributed by atoms with van der Waals surface area (Å²) in [4.78, 5) is 23.2. The van der Waals surface area contributed by atoms with E-state index >= 15 is 0 Å². The molecule has 0 atom stereocenters. The number of benzene rings is 1. The van der Waals surface area contributed by atoms with Crippen LogP contribution in [0.4, 0.5) is 0 Å². The first-order valence-electron chi connectivity index (χ1n) is 10.2. The quantitative estimate of drug-likeness (QED) is 0.285. The maximum absolute atomic E-state index is 11.7. The van der Waals surface area contributed by atoms with Crippen LogP contribution in [0.25, 0.3) is 12.2 Å². The smallest absolute Gasteiger partial charge is 0.330 e. The monoisotopic (exact) mass is 404 g/mol. The molecule has 29 heavy (non-hydrogen) atoms. The summed E-state index contributed by atoms with van der Waals surface area (Å²) in [6, 6.07) is 5.66. The van der Waals surface area contributed by atoms with Crippen LogP contribution in [0, 0.1) is 0 Å². The Morgan fingerprint density at radius 3 is 2.55 bits per heavy atom. The number of unbranched alkanes of at least 4 members (excludes halogenated alkanes) is 2. The predicted octanol–water partition coefficient (Wildman–Crippen LogP) is 4.16. The van der Waals surface area contributed by atoms with Crippen LogP contribution >= 0.6 is 0 Å². The van der Waals surface area contributed by atoms with Gasteiger partial charge in [-0.05, 0) is 57.2 Å². The lowest BCUT2D eigenvalue weighted by molar-refractivity contribution is -0.143. The van der Waals surface area contributed by atoms with E-state index in [1.807, 2.05) is 30.4 Å². The Labute approximate surface area is 173 Å². The number of carbonyl (C=O) groups is 2. The molecule has 0 aliphatic carbocycles. The fourth-order valence-corrected chi connectivity index (χ4v) is 2.57. The lowest BCUT2D eigenvalue weighted by Gasteiger charge is -2.12. The SMILES string of the molecule is CCOC(=O)C=Cc1c(C=CCCCCO)cccc1OCCCC(=O)OCC. The molecule has 0 saturated carbocycles. The average Bonchev–Trinajstić information content (AvgIpc) is 2.70. The average molecular weight is 405 g/mol. The first kappa shape index (κ1) is 24.4. The van der Waals surface area contributed by atoms with Gasteiger partial charge >= 0.3 is 11.9 Å². The number of carbonyl (C=O) groups excluding carboxylic acids is 2. The zero-order chi connectivity index (χ0) is 21.3. The molecule has 0 fully saturated rings. The Bertz CT molecular complexity index is 678. The van der Waals surface area contributed by atoms with E-state index in [2.05, 4.69) is 0 Å². The third kappa shape index (κ3) is 10.5. The van der Waals surface area contributed by atoms with Crippen molar-refractivity contribution in [2.45, 2.75) is 46.0 Å². The van der Waals surface area contributed by atoms with Crippen molar-refractivity contribution >= 4 is 24.1 Å².